The van der Waals surface area contributed by atoms with E-state index in [-0.39, 0.29) is 0 Å². The molecule has 0 aliphatic carbocycles. The average Bonchev–Trinajstić information content (AvgIpc) is 2.42. The van der Waals surface area contributed by atoms with Crippen molar-refractivity contribution < 1.29 is 4.74 Å². The first kappa shape index (κ1) is 14.2. The zero-order valence-corrected chi connectivity index (χ0v) is 12.1. The molecule has 0 atom stereocenters. The third-order valence-corrected chi connectivity index (χ3v) is 3.59. The maximum atomic E-state index is 6.11. The summed E-state index contributed by atoms with van der Waals surface area (Å²) in [6.45, 7) is 1.26. The summed E-state index contributed by atoms with van der Waals surface area (Å²) >= 11 is 12.1. The molecule has 0 aliphatic rings. The second-order valence-electron chi connectivity index (χ2n) is 4.18. The molecule has 0 spiro atoms. The van der Waals surface area contributed by atoms with Crippen LogP contribution in [0, 0.1) is 0 Å². The molecule has 1 N–H and O–H groups in total. The highest BCUT2D eigenvalue weighted by Gasteiger charge is 2.05. The quantitative estimate of drug-likeness (QED) is 0.888. The van der Waals surface area contributed by atoms with E-state index in [1.807, 2.05) is 43.4 Å². The van der Waals surface area contributed by atoms with Crippen LogP contribution in [0.1, 0.15) is 11.1 Å². The fourth-order valence-electron chi connectivity index (χ4n) is 1.73. The van der Waals surface area contributed by atoms with E-state index >= 15 is 0 Å². The molecule has 2 nitrogen and oxygen atoms in total. The number of rotatable bonds is 5. The van der Waals surface area contributed by atoms with E-state index in [0.717, 1.165) is 17.9 Å². The predicted molar refractivity (Wildman–Crippen MR) is 80.0 cm³/mol. The van der Waals surface area contributed by atoms with Gasteiger partial charge in [0.25, 0.3) is 0 Å². The van der Waals surface area contributed by atoms with Gasteiger partial charge in [-0.1, -0.05) is 47.5 Å². The molecule has 100 valence electrons. The van der Waals surface area contributed by atoms with Gasteiger partial charge in [0.1, 0.15) is 12.4 Å². The lowest BCUT2D eigenvalue weighted by atomic mass is 10.2. The maximum Gasteiger partial charge on any atom is 0.119 e. The summed E-state index contributed by atoms with van der Waals surface area (Å²) in [4.78, 5) is 0. The lowest BCUT2D eigenvalue weighted by Gasteiger charge is -2.09. The largest absolute Gasteiger partial charge is 0.489 e. The molecule has 0 radical (unpaired) electrons. The normalized spacial score (nSPS) is 10.5. The molecule has 0 amide bonds. The molecule has 0 saturated heterocycles. The second-order valence-corrected chi connectivity index (χ2v) is 4.96. The molecule has 0 unspecified atom stereocenters. The molecule has 4 heteroatoms. The number of nitrogens with one attached hydrogen (secondary N) is 1. The fraction of sp³-hybridized carbons (Fsp3) is 0.200. The van der Waals surface area contributed by atoms with E-state index in [0.29, 0.717) is 16.7 Å². The average molecular weight is 296 g/mol. The van der Waals surface area contributed by atoms with Crippen molar-refractivity contribution in [3.63, 3.8) is 0 Å². The first-order valence-electron chi connectivity index (χ1n) is 6.00. The molecule has 0 heterocycles. The summed E-state index contributed by atoms with van der Waals surface area (Å²) in [5.41, 5.74) is 2.10. The zero-order valence-electron chi connectivity index (χ0n) is 10.6. The van der Waals surface area contributed by atoms with Gasteiger partial charge in [0.2, 0.25) is 0 Å². The Bertz CT molecular complexity index is 540. The van der Waals surface area contributed by atoms with Crippen molar-refractivity contribution in [1.29, 1.82) is 0 Å². The molecule has 2 aromatic carbocycles. The molecule has 0 fully saturated rings. The van der Waals surface area contributed by atoms with Crippen LogP contribution in [0.15, 0.2) is 42.5 Å². The Kier molecular flexibility index (Phi) is 5.08. The number of halogens is 2. The van der Waals surface area contributed by atoms with Gasteiger partial charge in [-0.2, -0.15) is 0 Å². The zero-order chi connectivity index (χ0) is 13.7. The van der Waals surface area contributed by atoms with Crippen LogP contribution in [-0.2, 0) is 13.2 Å². The van der Waals surface area contributed by atoms with Crippen molar-refractivity contribution in [2.45, 2.75) is 13.2 Å². The van der Waals surface area contributed by atoms with Crippen molar-refractivity contribution in [3.8, 4) is 5.75 Å². The van der Waals surface area contributed by atoms with Gasteiger partial charge in [-0.05, 0) is 30.8 Å². The number of hydrogen-bond acceptors (Lipinski definition) is 2. The summed E-state index contributed by atoms with van der Waals surface area (Å²) < 4.78 is 5.70. The van der Waals surface area contributed by atoms with E-state index in [1.165, 1.54) is 5.56 Å². The number of ether oxygens (including phenoxy) is 1. The Morgan fingerprint density at radius 2 is 1.79 bits per heavy atom. The van der Waals surface area contributed by atoms with Gasteiger partial charge in [-0.15, -0.1) is 0 Å². The first-order valence-corrected chi connectivity index (χ1v) is 6.75. The van der Waals surface area contributed by atoms with E-state index in [4.69, 9.17) is 27.9 Å². The van der Waals surface area contributed by atoms with Gasteiger partial charge in [0.05, 0.1) is 10.0 Å². The summed E-state index contributed by atoms with van der Waals surface area (Å²) in [6, 6.07) is 13.5. The third-order valence-electron chi connectivity index (χ3n) is 2.73. The first-order chi connectivity index (χ1) is 9.20. The van der Waals surface area contributed by atoms with Gasteiger partial charge in [-0.25, -0.2) is 0 Å². The van der Waals surface area contributed by atoms with Crippen molar-refractivity contribution in [3.05, 3.63) is 63.6 Å². The highest BCUT2D eigenvalue weighted by molar-refractivity contribution is 6.42. The minimum Gasteiger partial charge on any atom is -0.489 e. The monoisotopic (exact) mass is 295 g/mol. The highest BCUT2D eigenvalue weighted by atomic mass is 35.5. The molecule has 19 heavy (non-hydrogen) atoms. The molecular formula is C15H15Cl2NO. The topological polar surface area (TPSA) is 21.3 Å². The van der Waals surface area contributed by atoms with Gasteiger partial charge >= 0.3 is 0 Å². The van der Waals surface area contributed by atoms with Crippen molar-refractivity contribution in [2.75, 3.05) is 7.05 Å². The van der Waals surface area contributed by atoms with Crippen LogP contribution in [0.25, 0.3) is 0 Å². The Hall–Kier alpha value is -1.22. The molecule has 0 bridgehead atoms. The summed E-state index contributed by atoms with van der Waals surface area (Å²) in [7, 11) is 1.92. The fourth-order valence-corrected chi connectivity index (χ4v) is 2.10. The van der Waals surface area contributed by atoms with Gasteiger partial charge in [0, 0.05) is 12.1 Å². The van der Waals surface area contributed by atoms with E-state index in [9.17, 15) is 0 Å². The van der Waals surface area contributed by atoms with Crippen LogP contribution in [0.5, 0.6) is 5.75 Å². The Labute approximate surface area is 123 Å². The molecule has 2 aromatic rings. The minimum absolute atomic E-state index is 0.408. The molecule has 0 aromatic heterocycles. The molecular weight excluding hydrogens is 281 g/mol. The summed E-state index contributed by atoms with van der Waals surface area (Å²) in [6.07, 6.45) is 0. The number of hydrogen-bond donors (Lipinski definition) is 1. The molecule has 2 rings (SSSR count). The standard InChI is InChI=1S/C15H15Cl2NO/c1-18-9-11-5-7-13(8-6-11)19-10-12-3-2-4-14(16)15(12)17/h2-8,18H,9-10H2,1H3. The lowest BCUT2D eigenvalue weighted by Crippen LogP contribution is -2.04. The van der Waals surface area contributed by atoms with Gasteiger partial charge in [0.15, 0.2) is 0 Å². The third kappa shape index (κ3) is 3.87. The Morgan fingerprint density at radius 1 is 1.05 bits per heavy atom. The smallest absolute Gasteiger partial charge is 0.119 e. The van der Waals surface area contributed by atoms with Crippen molar-refractivity contribution in [2.24, 2.45) is 0 Å². The molecule has 0 aliphatic heterocycles. The number of benzene rings is 2. The Morgan fingerprint density at radius 3 is 2.47 bits per heavy atom. The van der Waals surface area contributed by atoms with Crippen LogP contribution < -0.4 is 10.1 Å². The SMILES string of the molecule is CNCc1ccc(OCc2cccc(Cl)c2Cl)cc1. The second kappa shape index (κ2) is 6.80. The van der Waals surface area contributed by atoms with E-state index < -0.39 is 0 Å². The summed E-state index contributed by atoms with van der Waals surface area (Å²) in [5.74, 6) is 0.816. The van der Waals surface area contributed by atoms with Crippen LogP contribution >= 0.6 is 23.2 Å². The van der Waals surface area contributed by atoms with Crippen LogP contribution in [-0.4, -0.2) is 7.05 Å². The highest BCUT2D eigenvalue weighted by Crippen LogP contribution is 2.26. The van der Waals surface area contributed by atoms with Crippen LogP contribution in [0.3, 0.4) is 0 Å². The summed E-state index contributed by atoms with van der Waals surface area (Å²) in [5, 5.41) is 4.20. The van der Waals surface area contributed by atoms with Gasteiger partial charge in [-0.3, -0.25) is 0 Å². The van der Waals surface area contributed by atoms with Crippen LogP contribution in [0.4, 0.5) is 0 Å². The lowest BCUT2D eigenvalue weighted by molar-refractivity contribution is 0.306. The van der Waals surface area contributed by atoms with Crippen molar-refractivity contribution in [1.82, 2.24) is 5.32 Å². The predicted octanol–water partition coefficient (Wildman–Crippen LogP) is 4.29. The molecule has 0 saturated carbocycles. The maximum absolute atomic E-state index is 6.11. The van der Waals surface area contributed by atoms with Crippen LogP contribution in [0.2, 0.25) is 10.0 Å². The van der Waals surface area contributed by atoms with E-state index in [2.05, 4.69) is 5.32 Å². The minimum atomic E-state index is 0.408. The Balaban J connectivity index is 2.00. The van der Waals surface area contributed by atoms with Gasteiger partial charge < -0.3 is 10.1 Å². The van der Waals surface area contributed by atoms with E-state index in [1.54, 1.807) is 6.07 Å². The van der Waals surface area contributed by atoms with Crippen molar-refractivity contribution >= 4 is 23.2 Å².